The maximum Gasteiger partial charge on any atom is 0.590 e. The highest BCUT2D eigenvalue weighted by atomic mass is 32.2. The van der Waals surface area contributed by atoms with Crippen LogP contribution >= 0.6 is 0 Å². The van der Waals surface area contributed by atoms with Crippen molar-refractivity contribution in [2.75, 3.05) is 39.8 Å². The predicted molar refractivity (Wildman–Crippen MR) is 176 cm³/mol. The van der Waals surface area contributed by atoms with Crippen LogP contribution in [0.15, 0.2) is 0 Å². The predicted octanol–water partition coefficient (Wildman–Crippen LogP) is 1.45. The van der Waals surface area contributed by atoms with Crippen LogP contribution in [-0.4, -0.2) is 103 Å². The van der Waals surface area contributed by atoms with E-state index >= 15 is 0 Å². The first kappa shape index (κ1) is 40.3. The minimum atomic E-state index is -0.974. The molecule has 0 bridgehead atoms. The number of amides is 5. The summed E-state index contributed by atoms with van der Waals surface area (Å²) < 4.78 is 13.5. The van der Waals surface area contributed by atoms with E-state index in [9.17, 15) is 28.2 Å². The van der Waals surface area contributed by atoms with E-state index < -0.39 is 59.6 Å². The third-order valence-corrected chi connectivity index (χ3v) is 8.57. The Labute approximate surface area is 273 Å². The third kappa shape index (κ3) is 13.3. The van der Waals surface area contributed by atoms with Gasteiger partial charge in [-0.05, 0) is 67.3 Å². The zero-order chi connectivity index (χ0) is 34.7. The van der Waals surface area contributed by atoms with E-state index in [1.807, 2.05) is 62.4 Å². The van der Waals surface area contributed by atoms with Crippen LogP contribution in [0.1, 0.15) is 82.1 Å². The maximum atomic E-state index is 14.1. The Balaban J connectivity index is 3.15. The molecule has 4 atom stereocenters. The second-order valence-electron chi connectivity index (χ2n) is 14.8. The summed E-state index contributed by atoms with van der Waals surface area (Å²) in [7, 11) is 1.85. The summed E-state index contributed by atoms with van der Waals surface area (Å²) in [5.41, 5.74) is -1.10. The number of carbonyl (C=O) groups excluding carboxylic acids is 5. The lowest BCUT2D eigenvalue weighted by Crippen LogP contribution is -2.61. The summed E-state index contributed by atoms with van der Waals surface area (Å²) in [5.74, 6) is -2.26. The summed E-state index contributed by atoms with van der Waals surface area (Å²) in [6.07, 6.45) is 1.17. The Morgan fingerprint density at radius 1 is 0.933 bits per heavy atom. The molecule has 1 heterocycles. The van der Waals surface area contributed by atoms with Gasteiger partial charge in [0.15, 0.2) is 0 Å². The molecule has 1 aliphatic rings. The molecule has 0 unspecified atom stereocenters. The van der Waals surface area contributed by atoms with E-state index in [1.54, 1.807) is 18.2 Å². The quantitative estimate of drug-likeness (QED) is 0.0725. The Bertz CT molecular complexity index is 1040. The molecular formula is C31H58N7O6S+. The van der Waals surface area contributed by atoms with Crippen molar-refractivity contribution in [2.24, 2.45) is 22.7 Å². The summed E-state index contributed by atoms with van der Waals surface area (Å²) in [6.45, 7) is 20.4. The van der Waals surface area contributed by atoms with Gasteiger partial charge in [0.25, 0.3) is 5.91 Å². The van der Waals surface area contributed by atoms with E-state index in [4.69, 9.17) is 0 Å². The number of hydrogen-bond acceptors (Lipinski definition) is 7. The SMILES string of the molecule is CNCCCN(C[C@@H](NC(=O)N[C@H](C(=O)N1C[C@H](C(C)C)C[C@H]1C(=O)NCC(=O)C(=O)NC(C)C)C(C)(C)C)C(C)(C)C)[S+]=O. The topological polar surface area (TPSA) is 169 Å². The van der Waals surface area contributed by atoms with E-state index in [-0.39, 0.29) is 23.3 Å². The molecule has 45 heavy (non-hydrogen) atoms. The van der Waals surface area contributed by atoms with Crippen LogP contribution in [0.4, 0.5) is 4.79 Å². The third-order valence-electron chi connectivity index (χ3n) is 8.02. The smallest absolute Gasteiger partial charge is 0.347 e. The van der Waals surface area contributed by atoms with Gasteiger partial charge >= 0.3 is 17.9 Å². The molecule has 5 amide bonds. The molecule has 0 radical (unpaired) electrons. The van der Waals surface area contributed by atoms with Gasteiger partial charge < -0.3 is 31.5 Å². The molecule has 0 aromatic rings. The summed E-state index contributed by atoms with van der Waals surface area (Å²) in [5, 5.41) is 14.0. The molecular weight excluding hydrogens is 598 g/mol. The van der Waals surface area contributed by atoms with Gasteiger partial charge in [-0.15, -0.1) is 0 Å². The van der Waals surface area contributed by atoms with Crippen molar-refractivity contribution in [1.82, 2.24) is 35.8 Å². The van der Waals surface area contributed by atoms with Crippen molar-refractivity contribution < 1.29 is 28.2 Å². The van der Waals surface area contributed by atoms with Gasteiger partial charge in [-0.3, -0.25) is 19.2 Å². The second kappa shape index (κ2) is 17.8. The lowest BCUT2D eigenvalue weighted by atomic mass is 9.85. The minimum absolute atomic E-state index is 0.0304. The maximum absolute atomic E-state index is 14.1. The van der Waals surface area contributed by atoms with Gasteiger partial charge in [-0.25, -0.2) is 4.79 Å². The molecule has 1 fully saturated rings. The summed E-state index contributed by atoms with van der Waals surface area (Å²) >= 11 is 0.389. The van der Waals surface area contributed by atoms with Crippen molar-refractivity contribution in [3.63, 3.8) is 0 Å². The number of carbonyl (C=O) groups is 5. The van der Waals surface area contributed by atoms with Gasteiger partial charge in [-0.2, -0.15) is 0 Å². The molecule has 14 heteroatoms. The first-order valence-corrected chi connectivity index (χ1v) is 16.6. The number of Topliss-reactive ketones (excluding diaryl/α,β-unsaturated/α-hetero) is 1. The highest BCUT2D eigenvalue weighted by Gasteiger charge is 2.46. The van der Waals surface area contributed by atoms with Crippen LogP contribution in [-0.2, 0) is 35.2 Å². The number of ketones is 1. The molecule has 1 saturated heterocycles. The van der Waals surface area contributed by atoms with Crippen LogP contribution in [0.2, 0.25) is 0 Å². The van der Waals surface area contributed by atoms with E-state index in [0.29, 0.717) is 37.9 Å². The van der Waals surface area contributed by atoms with Crippen molar-refractivity contribution in [3.8, 4) is 0 Å². The molecule has 0 aliphatic carbocycles. The molecule has 5 N–H and O–H groups in total. The number of likely N-dealkylation sites (tertiary alicyclic amines) is 1. The minimum Gasteiger partial charge on any atom is -0.347 e. The van der Waals surface area contributed by atoms with Crippen LogP contribution in [0, 0.1) is 22.7 Å². The first-order chi connectivity index (χ1) is 20.7. The summed E-state index contributed by atoms with van der Waals surface area (Å²) in [6, 6.07) is -3.00. The Hall–Kier alpha value is -2.71. The number of urea groups is 1. The van der Waals surface area contributed by atoms with Gasteiger partial charge in [0.05, 0.1) is 29.9 Å². The van der Waals surface area contributed by atoms with E-state index in [0.717, 1.165) is 13.0 Å². The molecule has 258 valence electrons. The summed E-state index contributed by atoms with van der Waals surface area (Å²) in [4.78, 5) is 66.7. The van der Waals surface area contributed by atoms with Crippen molar-refractivity contribution in [3.05, 3.63) is 0 Å². The van der Waals surface area contributed by atoms with Crippen LogP contribution in [0.25, 0.3) is 0 Å². The first-order valence-electron chi connectivity index (χ1n) is 15.9. The second-order valence-corrected chi connectivity index (χ2v) is 15.4. The molecule has 0 aromatic heterocycles. The van der Waals surface area contributed by atoms with Crippen LogP contribution in [0.3, 0.4) is 0 Å². The number of hydrogen-bond donors (Lipinski definition) is 5. The monoisotopic (exact) mass is 656 g/mol. The van der Waals surface area contributed by atoms with Crippen molar-refractivity contribution in [2.45, 2.75) is 106 Å². The number of nitrogens with zero attached hydrogens (tertiary/aromatic N) is 2. The van der Waals surface area contributed by atoms with Crippen LogP contribution in [0.5, 0.6) is 0 Å². The lowest BCUT2D eigenvalue weighted by Gasteiger charge is -2.37. The molecule has 0 aromatic carbocycles. The van der Waals surface area contributed by atoms with Crippen molar-refractivity contribution in [1.29, 1.82) is 0 Å². The molecule has 0 spiro atoms. The highest BCUT2D eigenvalue weighted by Crippen LogP contribution is 2.32. The number of rotatable bonds is 16. The van der Waals surface area contributed by atoms with Gasteiger partial charge in [-0.1, -0.05) is 55.4 Å². The van der Waals surface area contributed by atoms with Gasteiger partial charge in [0, 0.05) is 12.6 Å². The fourth-order valence-corrected chi connectivity index (χ4v) is 5.44. The fraction of sp³-hybridized carbons (Fsp3) is 0.839. The van der Waals surface area contributed by atoms with Gasteiger partial charge in [0.1, 0.15) is 12.1 Å². The standard InChI is InChI=1S/C31H57N7O6S/c1-19(2)21-15-22(26(40)33-16-23(39)27(41)34-20(3)4)38(17-21)28(42)25(31(8,9)10)36-29(43)35-24(30(5,6)7)18-37(45-44)14-12-13-32-11/h19-22,24-25,32H,12-18H2,1-11H3,(H3-,33,34,35,36,40,41,43)/p+1/t21-,22+,24-,25-/m1/s1. The zero-order valence-corrected chi connectivity index (χ0v) is 30.0. The fourth-order valence-electron chi connectivity index (χ4n) is 5.03. The van der Waals surface area contributed by atoms with E-state index in [1.165, 1.54) is 4.90 Å². The molecule has 1 rings (SSSR count). The molecule has 1 aliphatic heterocycles. The Morgan fingerprint density at radius 3 is 2.04 bits per heavy atom. The molecule has 0 saturated carbocycles. The average molecular weight is 657 g/mol. The Kier molecular flexibility index (Phi) is 16.0. The van der Waals surface area contributed by atoms with Gasteiger partial charge in [0.2, 0.25) is 17.6 Å². The van der Waals surface area contributed by atoms with E-state index in [2.05, 4.69) is 26.6 Å². The zero-order valence-electron chi connectivity index (χ0n) is 29.2. The lowest BCUT2D eigenvalue weighted by molar-refractivity contribution is -0.142. The van der Waals surface area contributed by atoms with Crippen LogP contribution < -0.4 is 26.6 Å². The normalized spacial score (nSPS) is 18.5. The Morgan fingerprint density at radius 2 is 1.56 bits per heavy atom. The van der Waals surface area contributed by atoms with Crippen molar-refractivity contribution >= 4 is 41.4 Å². The highest BCUT2D eigenvalue weighted by molar-refractivity contribution is 7.62. The number of nitrogens with one attached hydrogen (secondary N) is 5. The largest absolute Gasteiger partial charge is 0.590 e. The average Bonchev–Trinajstić information content (AvgIpc) is 3.37. The molecule has 13 nitrogen and oxygen atoms in total.